The molecule has 0 amide bonds. The zero-order chi connectivity index (χ0) is 13.5. The maximum absolute atomic E-state index is 5.57. The van der Waals surface area contributed by atoms with Gasteiger partial charge in [0.2, 0.25) is 5.95 Å². The van der Waals surface area contributed by atoms with Crippen LogP contribution >= 0.6 is 0 Å². The second-order valence-electron chi connectivity index (χ2n) is 4.16. The molecule has 19 heavy (non-hydrogen) atoms. The number of anilines is 3. The first-order chi connectivity index (χ1) is 9.28. The van der Waals surface area contributed by atoms with Gasteiger partial charge in [-0.15, -0.1) is 0 Å². The smallest absolute Gasteiger partial charge is 0.223 e. The summed E-state index contributed by atoms with van der Waals surface area (Å²) in [6.45, 7) is 0.815. The Morgan fingerprint density at radius 1 is 1.05 bits per heavy atom. The van der Waals surface area contributed by atoms with E-state index in [1.807, 2.05) is 18.2 Å². The molecule has 1 aromatic heterocycles. The maximum Gasteiger partial charge on any atom is 0.223 e. The van der Waals surface area contributed by atoms with E-state index in [0.717, 1.165) is 19.4 Å². The number of aromatic nitrogens is 2. The summed E-state index contributed by atoms with van der Waals surface area (Å²) in [4.78, 5) is 8.01. The lowest BCUT2D eigenvalue weighted by Crippen LogP contribution is -2.12. The Morgan fingerprint density at radius 2 is 1.79 bits per heavy atom. The molecule has 2 aromatic rings. The van der Waals surface area contributed by atoms with Gasteiger partial charge in [0, 0.05) is 12.6 Å². The van der Waals surface area contributed by atoms with Gasteiger partial charge in [-0.05, 0) is 18.4 Å². The Kier molecular flexibility index (Phi) is 4.52. The van der Waals surface area contributed by atoms with Gasteiger partial charge in [0.15, 0.2) is 0 Å². The molecule has 0 radical (unpaired) electrons. The highest BCUT2D eigenvalue weighted by Crippen LogP contribution is 2.11. The van der Waals surface area contributed by atoms with Crippen LogP contribution in [-0.4, -0.2) is 16.5 Å². The molecule has 6 nitrogen and oxygen atoms in total. The number of nitrogens with zero attached hydrogens (tertiary/aromatic N) is 2. The quantitative estimate of drug-likeness (QED) is 0.355. The average molecular weight is 258 g/mol. The number of hydrogen-bond acceptors (Lipinski definition) is 6. The fraction of sp³-hybridized carbons (Fsp3) is 0.231. The van der Waals surface area contributed by atoms with Crippen molar-refractivity contribution in [2.75, 3.05) is 23.0 Å². The monoisotopic (exact) mass is 258 g/mol. The molecule has 0 aliphatic heterocycles. The highest BCUT2D eigenvalue weighted by atomic mass is 15.3. The zero-order valence-electron chi connectivity index (χ0n) is 10.6. The van der Waals surface area contributed by atoms with Crippen LogP contribution in [0, 0.1) is 0 Å². The zero-order valence-corrected chi connectivity index (χ0v) is 10.6. The normalized spacial score (nSPS) is 10.2. The molecule has 100 valence electrons. The third-order valence-corrected chi connectivity index (χ3v) is 2.68. The lowest BCUT2D eigenvalue weighted by Gasteiger charge is -2.08. The molecule has 0 aliphatic rings. The number of aryl methyl sites for hydroxylation is 1. The Bertz CT molecular complexity index is 514. The van der Waals surface area contributed by atoms with E-state index in [1.54, 1.807) is 6.07 Å². The molecule has 0 saturated heterocycles. The largest absolute Gasteiger partial charge is 0.370 e. The van der Waals surface area contributed by atoms with E-state index in [4.69, 9.17) is 11.6 Å². The van der Waals surface area contributed by atoms with Crippen molar-refractivity contribution in [2.45, 2.75) is 12.8 Å². The van der Waals surface area contributed by atoms with Crippen LogP contribution in [0.5, 0.6) is 0 Å². The Morgan fingerprint density at radius 3 is 2.53 bits per heavy atom. The highest BCUT2D eigenvalue weighted by Gasteiger charge is 2.00. The van der Waals surface area contributed by atoms with Crippen molar-refractivity contribution in [1.29, 1.82) is 0 Å². The summed E-state index contributed by atoms with van der Waals surface area (Å²) in [5.74, 6) is 6.66. The summed E-state index contributed by atoms with van der Waals surface area (Å²) in [7, 11) is 0. The fourth-order valence-corrected chi connectivity index (χ4v) is 1.78. The van der Waals surface area contributed by atoms with E-state index in [-0.39, 0.29) is 5.95 Å². The maximum atomic E-state index is 5.57. The molecule has 0 fully saturated rings. The number of nitrogens with two attached hydrogens (primary N) is 2. The minimum Gasteiger partial charge on any atom is -0.370 e. The molecule has 6 heteroatoms. The van der Waals surface area contributed by atoms with E-state index in [2.05, 4.69) is 32.8 Å². The lowest BCUT2D eigenvalue weighted by atomic mass is 10.1. The van der Waals surface area contributed by atoms with Gasteiger partial charge in [-0.2, -0.15) is 9.97 Å². The van der Waals surface area contributed by atoms with Crippen molar-refractivity contribution >= 4 is 17.6 Å². The van der Waals surface area contributed by atoms with E-state index in [0.29, 0.717) is 11.6 Å². The van der Waals surface area contributed by atoms with E-state index >= 15 is 0 Å². The fourth-order valence-electron chi connectivity index (χ4n) is 1.78. The topological polar surface area (TPSA) is 102 Å². The van der Waals surface area contributed by atoms with Crippen molar-refractivity contribution in [1.82, 2.24) is 9.97 Å². The third kappa shape index (κ3) is 4.11. The molecule has 1 heterocycles. The number of rotatable bonds is 6. The molecule has 0 unspecified atom stereocenters. The third-order valence-electron chi connectivity index (χ3n) is 2.68. The van der Waals surface area contributed by atoms with Gasteiger partial charge in [0.05, 0.1) is 0 Å². The summed E-state index contributed by atoms with van der Waals surface area (Å²) < 4.78 is 0. The number of hydrogen-bond donors (Lipinski definition) is 4. The molecule has 0 aliphatic carbocycles. The number of benzene rings is 1. The first kappa shape index (κ1) is 13.1. The lowest BCUT2D eigenvalue weighted by molar-refractivity contribution is 0.858. The van der Waals surface area contributed by atoms with Crippen LogP contribution in [0.3, 0.4) is 0 Å². The van der Waals surface area contributed by atoms with Crippen LogP contribution in [0.4, 0.5) is 17.6 Å². The molecular formula is C13H18N6. The highest BCUT2D eigenvalue weighted by molar-refractivity contribution is 5.50. The van der Waals surface area contributed by atoms with Crippen molar-refractivity contribution in [2.24, 2.45) is 5.84 Å². The molecule has 6 N–H and O–H groups in total. The van der Waals surface area contributed by atoms with E-state index < -0.39 is 0 Å². The van der Waals surface area contributed by atoms with Gasteiger partial charge in [0.1, 0.15) is 11.6 Å². The van der Waals surface area contributed by atoms with Crippen molar-refractivity contribution in [3.63, 3.8) is 0 Å². The molecule has 1 aromatic carbocycles. The molecule has 0 saturated carbocycles. The molecule has 0 spiro atoms. The van der Waals surface area contributed by atoms with Gasteiger partial charge in [0.25, 0.3) is 0 Å². The summed E-state index contributed by atoms with van der Waals surface area (Å²) >= 11 is 0. The SMILES string of the molecule is NNc1cc(NCCCc2ccccc2)nc(N)n1. The predicted molar refractivity (Wildman–Crippen MR) is 77.5 cm³/mol. The van der Waals surface area contributed by atoms with Crippen molar-refractivity contribution < 1.29 is 0 Å². The number of hydrazine groups is 1. The molecule has 0 bridgehead atoms. The van der Waals surface area contributed by atoms with Crippen LogP contribution in [-0.2, 0) is 6.42 Å². The second kappa shape index (κ2) is 6.55. The first-order valence-corrected chi connectivity index (χ1v) is 6.17. The summed E-state index contributed by atoms with van der Waals surface area (Å²) in [5.41, 5.74) is 9.36. The summed E-state index contributed by atoms with van der Waals surface area (Å²) in [6.07, 6.45) is 2.04. The van der Waals surface area contributed by atoms with Crippen LogP contribution in [0.15, 0.2) is 36.4 Å². The van der Waals surface area contributed by atoms with E-state index in [9.17, 15) is 0 Å². The summed E-state index contributed by atoms with van der Waals surface area (Å²) in [6, 6.07) is 12.1. The molecular weight excluding hydrogens is 240 g/mol. The van der Waals surface area contributed by atoms with Gasteiger partial charge in [-0.25, -0.2) is 5.84 Å². The van der Waals surface area contributed by atoms with Gasteiger partial charge >= 0.3 is 0 Å². The van der Waals surface area contributed by atoms with Gasteiger partial charge < -0.3 is 16.5 Å². The van der Waals surface area contributed by atoms with Crippen LogP contribution in [0.1, 0.15) is 12.0 Å². The van der Waals surface area contributed by atoms with Crippen LogP contribution in [0.2, 0.25) is 0 Å². The van der Waals surface area contributed by atoms with Crippen LogP contribution < -0.4 is 22.3 Å². The number of nitrogen functional groups attached to an aromatic ring is 2. The standard InChI is InChI=1S/C13H18N6/c14-13-17-11(9-12(18-13)19-15)16-8-4-7-10-5-2-1-3-6-10/h1-3,5-6,9H,4,7-8,15H2,(H4,14,16,17,18,19). The minimum atomic E-state index is 0.195. The van der Waals surface area contributed by atoms with Gasteiger partial charge in [-0.3, -0.25) is 0 Å². The Balaban J connectivity index is 1.81. The molecule has 2 rings (SSSR count). The first-order valence-electron chi connectivity index (χ1n) is 6.17. The molecule has 0 atom stereocenters. The minimum absolute atomic E-state index is 0.195. The average Bonchev–Trinajstić information content (AvgIpc) is 2.44. The Hall–Kier alpha value is -2.34. The second-order valence-corrected chi connectivity index (χ2v) is 4.16. The predicted octanol–water partition coefficient (Wildman–Crippen LogP) is 1.39. The van der Waals surface area contributed by atoms with Crippen LogP contribution in [0.25, 0.3) is 0 Å². The van der Waals surface area contributed by atoms with Gasteiger partial charge in [-0.1, -0.05) is 30.3 Å². The van der Waals surface area contributed by atoms with Crippen molar-refractivity contribution in [3.8, 4) is 0 Å². The number of nitrogens with one attached hydrogen (secondary N) is 2. The Labute approximate surface area is 112 Å². The van der Waals surface area contributed by atoms with E-state index in [1.165, 1.54) is 5.56 Å². The van der Waals surface area contributed by atoms with Crippen molar-refractivity contribution in [3.05, 3.63) is 42.0 Å². The summed E-state index contributed by atoms with van der Waals surface area (Å²) in [5, 5.41) is 3.20.